The Morgan fingerprint density at radius 3 is 1.33 bits per heavy atom. The average molecular weight is 591 g/mol. The molecule has 0 N–H and O–H groups in total. The Hall–Kier alpha value is -1.58. The lowest BCUT2D eigenvalue weighted by Crippen LogP contribution is -2.36. The van der Waals surface area contributed by atoms with E-state index in [1.807, 2.05) is 13.8 Å². The van der Waals surface area contributed by atoms with E-state index < -0.39 is 12.1 Å². The number of ether oxygens (including phenoxy) is 2. The summed E-state index contributed by atoms with van der Waals surface area (Å²) in [5.41, 5.74) is 0. The van der Waals surface area contributed by atoms with Gasteiger partial charge in [-0.25, -0.2) is 4.79 Å². The van der Waals surface area contributed by atoms with Crippen LogP contribution in [0.4, 0.5) is 0 Å². The second kappa shape index (κ2) is 30.9. The van der Waals surface area contributed by atoms with Crippen LogP contribution in [-0.4, -0.2) is 24.1 Å². The molecule has 0 saturated heterocycles. The highest BCUT2D eigenvalue weighted by molar-refractivity contribution is 5.79. The molecule has 0 amide bonds. The lowest BCUT2D eigenvalue weighted by Gasteiger charge is -2.24. The van der Waals surface area contributed by atoms with Crippen LogP contribution in [0, 0.1) is 5.92 Å². The van der Waals surface area contributed by atoms with Crippen molar-refractivity contribution < 1.29 is 19.1 Å². The molecule has 0 aliphatic heterocycles. The van der Waals surface area contributed by atoms with Gasteiger partial charge in [-0.3, -0.25) is 4.79 Å². The molecular weight excluding hydrogens is 520 g/mol. The van der Waals surface area contributed by atoms with Crippen LogP contribution in [0.15, 0.2) is 24.3 Å². The predicted molar refractivity (Wildman–Crippen MR) is 181 cm³/mol. The first-order valence-electron chi connectivity index (χ1n) is 18.1. The maximum atomic E-state index is 12.9. The van der Waals surface area contributed by atoms with E-state index in [9.17, 15) is 9.59 Å². The smallest absolute Gasteiger partial charge is 0.347 e. The summed E-state index contributed by atoms with van der Waals surface area (Å²) >= 11 is 0. The van der Waals surface area contributed by atoms with Crippen LogP contribution >= 0.6 is 0 Å². The van der Waals surface area contributed by atoms with Crippen LogP contribution in [0.1, 0.15) is 189 Å². The minimum atomic E-state index is -0.795. The second-order valence-electron chi connectivity index (χ2n) is 12.6. The van der Waals surface area contributed by atoms with Crippen molar-refractivity contribution in [2.45, 2.75) is 201 Å². The Labute approximate surface area is 261 Å². The number of esters is 2. The summed E-state index contributed by atoms with van der Waals surface area (Å²) in [5, 5.41) is 0. The number of unbranched alkanes of at least 4 members (excludes halogenated alkanes) is 18. The van der Waals surface area contributed by atoms with Crippen molar-refractivity contribution in [3.63, 3.8) is 0 Å². The summed E-state index contributed by atoms with van der Waals surface area (Å²) in [6, 6.07) is 0. The molecule has 0 spiro atoms. The fourth-order valence-electron chi connectivity index (χ4n) is 5.36. The van der Waals surface area contributed by atoms with Crippen LogP contribution in [0.5, 0.6) is 0 Å². The highest BCUT2D eigenvalue weighted by Crippen LogP contribution is 2.21. The Bertz CT molecular complexity index is 668. The molecule has 42 heavy (non-hydrogen) atoms. The fraction of sp³-hybridized carbons (Fsp3) is 0.842. The molecule has 0 heterocycles. The zero-order valence-corrected chi connectivity index (χ0v) is 28.6. The van der Waals surface area contributed by atoms with Crippen molar-refractivity contribution in [3.8, 4) is 0 Å². The van der Waals surface area contributed by atoms with E-state index >= 15 is 0 Å². The van der Waals surface area contributed by atoms with Gasteiger partial charge in [-0.2, -0.15) is 0 Å². The molecule has 0 aliphatic carbocycles. The summed E-state index contributed by atoms with van der Waals surface area (Å²) in [4.78, 5) is 24.6. The fourth-order valence-corrected chi connectivity index (χ4v) is 5.36. The third kappa shape index (κ3) is 27.3. The maximum Gasteiger partial charge on any atom is 0.347 e. The van der Waals surface area contributed by atoms with Gasteiger partial charge in [0.1, 0.15) is 0 Å². The van der Waals surface area contributed by atoms with Gasteiger partial charge in [0.05, 0.1) is 6.10 Å². The van der Waals surface area contributed by atoms with Gasteiger partial charge < -0.3 is 9.47 Å². The Morgan fingerprint density at radius 1 is 0.524 bits per heavy atom. The molecule has 2 unspecified atom stereocenters. The van der Waals surface area contributed by atoms with Crippen LogP contribution in [0.25, 0.3) is 0 Å². The van der Waals surface area contributed by atoms with E-state index in [0.717, 1.165) is 32.1 Å². The van der Waals surface area contributed by atoms with Gasteiger partial charge in [-0.05, 0) is 64.7 Å². The number of hydrogen-bond acceptors (Lipinski definition) is 4. The average Bonchev–Trinajstić information content (AvgIpc) is 2.96. The first-order chi connectivity index (χ1) is 20.4. The third-order valence-electron chi connectivity index (χ3n) is 8.15. The summed E-state index contributed by atoms with van der Waals surface area (Å²) in [6.07, 6.45) is 37.6. The van der Waals surface area contributed by atoms with E-state index in [2.05, 4.69) is 38.2 Å². The molecule has 3 atom stereocenters. The number of carbonyl (C=O) groups excluding carboxylic acids is 2. The van der Waals surface area contributed by atoms with Crippen molar-refractivity contribution in [3.05, 3.63) is 24.3 Å². The van der Waals surface area contributed by atoms with E-state index in [1.165, 1.54) is 129 Å². The van der Waals surface area contributed by atoms with Gasteiger partial charge in [0, 0.05) is 12.8 Å². The lowest BCUT2D eigenvalue weighted by molar-refractivity contribution is -0.174. The normalized spacial score (nSPS) is 13.9. The Kier molecular flexibility index (Phi) is 29.7. The molecule has 0 bridgehead atoms. The summed E-state index contributed by atoms with van der Waals surface area (Å²) in [7, 11) is 0. The number of hydrogen-bond donors (Lipinski definition) is 0. The zero-order valence-electron chi connectivity index (χ0n) is 28.6. The largest absolute Gasteiger partial charge is 0.460 e. The van der Waals surface area contributed by atoms with Crippen molar-refractivity contribution in [2.24, 2.45) is 5.92 Å². The molecular formula is C38H70O4. The van der Waals surface area contributed by atoms with E-state index in [-0.39, 0.29) is 18.0 Å². The molecule has 0 rings (SSSR count). The molecule has 246 valence electrons. The maximum absolute atomic E-state index is 12.9. The zero-order chi connectivity index (χ0) is 31.1. The SMILES string of the molecule is CCCCC=CCCCCCCCCCC(C)C(OC(C)=O)C(=O)O[C@H](C)CCCCCCCCCC=CCCCC. The number of carbonyl (C=O) groups is 2. The number of allylic oxidation sites excluding steroid dienone is 4. The van der Waals surface area contributed by atoms with Crippen molar-refractivity contribution in [1.82, 2.24) is 0 Å². The summed E-state index contributed by atoms with van der Waals surface area (Å²) in [5.74, 6) is -0.818. The predicted octanol–water partition coefficient (Wildman–Crippen LogP) is 12.0. The minimum absolute atomic E-state index is 0.0278. The van der Waals surface area contributed by atoms with E-state index in [1.54, 1.807) is 0 Å². The van der Waals surface area contributed by atoms with Gasteiger partial charge in [0.25, 0.3) is 0 Å². The van der Waals surface area contributed by atoms with E-state index in [0.29, 0.717) is 0 Å². The van der Waals surface area contributed by atoms with Crippen molar-refractivity contribution in [2.75, 3.05) is 0 Å². The third-order valence-corrected chi connectivity index (χ3v) is 8.15. The Balaban J connectivity index is 3.98. The summed E-state index contributed by atoms with van der Waals surface area (Å²) in [6.45, 7) is 9.83. The van der Waals surface area contributed by atoms with Crippen LogP contribution in [-0.2, 0) is 19.1 Å². The highest BCUT2D eigenvalue weighted by Gasteiger charge is 2.30. The molecule has 0 saturated carbocycles. The molecule has 4 nitrogen and oxygen atoms in total. The number of rotatable bonds is 30. The lowest BCUT2D eigenvalue weighted by atomic mass is 9.96. The molecule has 0 fully saturated rings. The van der Waals surface area contributed by atoms with Crippen molar-refractivity contribution >= 4 is 11.9 Å². The standard InChI is InChI=1S/C38H70O4/c1-6-8-10-12-14-16-18-20-22-24-26-28-30-32-34(3)37(42-36(5)39)38(40)41-35(4)33-31-29-27-25-23-21-19-17-15-13-11-9-7-2/h12-15,34-35,37H,6-11,16-33H2,1-5H3/t34?,35-,37?/m1/s1. The highest BCUT2D eigenvalue weighted by atomic mass is 16.6. The molecule has 0 aromatic heterocycles. The Morgan fingerprint density at radius 2 is 0.905 bits per heavy atom. The molecule has 0 aromatic rings. The quantitative estimate of drug-likeness (QED) is 0.0474. The topological polar surface area (TPSA) is 52.6 Å². The van der Waals surface area contributed by atoms with Gasteiger partial charge >= 0.3 is 11.9 Å². The molecule has 0 aliphatic rings. The first kappa shape index (κ1) is 40.4. The van der Waals surface area contributed by atoms with Crippen LogP contribution < -0.4 is 0 Å². The van der Waals surface area contributed by atoms with E-state index in [4.69, 9.17) is 9.47 Å². The first-order valence-corrected chi connectivity index (χ1v) is 18.1. The monoisotopic (exact) mass is 591 g/mol. The molecule has 4 heteroatoms. The minimum Gasteiger partial charge on any atom is -0.460 e. The van der Waals surface area contributed by atoms with Crippen molar-refractivity contribution in [1.29, 1.82) is 0 Å². The van der Waals surface area contributed by atoms with Gasteiger partial charge in [-0.1, -0.05) is 141 Å². The van der Waals surface area contributed by atoms with Crippen LogP contribution in [0.2, 0.25) is 0 Å². The van der Waals surface area contributed by atoms with Gasteiger partial charge in [0.15, 0.2) is 0 Å². The molecule has 0 aromatic carbocycles. The summed E-state index contributed by atoms with van der Waals surface area (Å²) < 4.78 is 11.2. The second-order valence-corrected chi connectivity index (χ2v) is 12.6. The van der Waals surface area contributed by atoms with Crippen LogP contribution in [0.3, 0.4) is 0 Å². The molecule has 0 radical (unpaired) electrons. The van der Waals surface area contributed by atoms with Gasteiger partial charge in [0.2, 0.25) is 6.10 Å². The van der Waals surface area contributed by atoms with Gasteiger partial charge in [-0.15, -0.1) is 0 Å².